The molecule has 2 amide bonds. The van der Waals surface area contributed by atoms with Gasteiger partial charge in [-0.25, -0.2) is 4.79 Å². The van der Waals surface area contributed by atoms with Crippen LogP contribution < -0.4 is 5.32 Å². The highest BCUT2D eigenvalue weighted by Gasteiger charge is 2.07. The van der Waals surface area contributed by atoms with Crippen molar-refractivity contribution in [3.05, 3.63) is 35.5 Å². The van der Waals surface area contributed by atoms with E-state index in [2.05, 4.69) is 10.3 Å². The Morgan fingerprint density at radius 2 is 2.00 bits per heavy atom. The Balaban J connectivity index is 2.22. The maximum atomic E-state index is 10.7. The zero-order valence-corrected chi connectivity index (χ0v) is 7.27. The van der Waals surface area contributed by atoms with Crippen molar-refractivity contribution in [1.29, 1.82) is 0 Å². The second kappa shape index (κ2) is 3.33. The zero-order valence-electron chi connectivity index (χ0n) is 7.27. The first kappa shape index (κ1) is 8.50. The number of aliphatic imine (C=N–C) groups is 1. The van der Waals surface area contributed by atoms with Gasteiger partial charge in [-0.15, -0.1) is 0 Å². The quantitative estimate of drug-likeness (QED) is 0.702. The fourth-order valence-corrected chi connectivity index (χ4v) is 1.14. The average Bonchev–Trinajstić information content (AvgIpc) is 2.56. The van der Waals surface area contributed by atoms with Crippen LogP contribution in [0.1, 0.15) is 5.56 Å². The molecule has 2 N–H and O–H groups in total. The molecule has 2 rings (SSSR count). The third-order valence-electron chi connectivity index (χ3n) is 1.79. The minimum atomic E-state index is -0.352. The van der Waals surface area contributed by atoms with Gasteiger partial charge in [0, 0.05) is 0 Å². The van der Waals surface area contributed by atoms with Gasteiger partial charge in [-0.2, -0.15) is 4.99 Å². The Kier molecular flexibility index (Phi) is 2.02. The number of hydrogen-bond acceptors (Lipinski definition) is 2. The van der Waals surface area contributed by atoms with E-state index < -0.39 is 0 Å². The van der Waals surface area contributed by atoms with Gasteiger partial charge in [-0.1, -0.05) is 12.1 Å². The van der Waals surface area contributed by atoms with Crippen molar-refractivity contribution < 1.29 is 9.90 Å². The molecule has 0 saturated carbocycles. The number of aromatic hydroxyl groups is 1. The summed E-state index contributed by atoms with van der Waals surface area (Å²) in [5.41, 5.74) is 1.55. The summed E-state index contributed by atoms with van der Waals surface area (Å²) < 4.78 is 0. The van der Waals surface area contributed by atoms with Crippen molar-refractivity contribution in [1.82, 2.24) is 5.32 Å². The van der Waals surface area contributed by atoms with Gasteiger partial charge in [0.05, 0.1) is 11.9 Å². The Morgan fingerprint density at radius 1 is 1.29 bits per heavy atom. The van der Waals surface area contributed by atoms with Crippen LogP contribution in [-0.2, 0) is 0 Å². The van der Waals surface area contributed by atoms with Gasteiger partial charge in [0.15, 0.2) is 0 Å². The molecule has 0 unspecified atom stereocenters. The fraction of sp³-hybridized carbons (Fsp3) is 0. The molecule has 4 nitrogen and oxygen atoms in total. The summed E-state index contributed by atoms with van der Waals surface area (Å²) in [5.74, 6) is 0.219. The molecule has 0 saturated heterocycles. The molecule has 0 aliphatic carbocycles. The number of phenols is 1. The first-order valence-corrected chi connectivity index (χ1v) is 4.10. The summed E-state index contributed by atoms with van der Waals surface area (Å²) in [6.07, 6.45) is 3.24. The number of hydrogen-bond donors (Lipinski definition) is 2. The van der Waals surface area contributed by atoms with Crippen molar-refractivity contribution in [3.8, 4) is 5.75 Å². The summed E-state index contributed by atoms with van der Waals surface area (Å²) in [6, 6.07) is 6.32. The SMILES string of the molecule is O=C1N=CC(=Cc2ccc(O)cc2)N1. The van der Waals surface area contributed by atoms with Gasteiger partial charge in [0.25, 0.3) is 0 Å². The molecule has 0 radical (unpaired) electrons. The topological polar surface area (TPSA) is 61.7 Å². The zero-order chi connectivity index (χ0) is 9.97. The number of amides is 2. The predicted molar refractivity (Wildman–Crippen MR) is 53.1 cm³/mol. The van der Waals surface area contributed by atoms with Gasteiger partial charge in [0.2, 0.25) is 0 Å². The van der Waals surface area contributed by atoms with Crippen LogP contribution in [0, 0.1) is 0 Å². The van der Waals surface area contributed by atoms with E-state index in [9.17, 15) is 4.79 Å². The van der Waals surface area contributed by atoms with E-state index in [1.54, 1.807) is 30.3 Å². The van der Waals surface area contributed by atoms with Crippen molar-refractivity contribution >= 4 is 18.3 Å². The van der Waals surface area contributed by atoms with Crippen LogP contribution in [0.15, 0.2) is 35.0 Å². The van der Waals surface area contributed by atoms with Crippen LogP contribution in [0.5, 0.6) is 5.75 Å². The van der Waals surface area contributed by atoms with Gasteiger partial charge in [-0.3, -0.25) is 0 Å². The minimum absolute atomic E-state index is 0.219. The van der Waals surface area contributed by atoms with E-state index in [1.165, 1.54) is 6.21 Å². The molecule has 0 atom stereocenters. The van der Waals surface area contributed by atoms with Crippen LogP contribution in [0.4, 0.5) is 4.79 Å². The molecule has 1 aliphatic heterocycles. The lowest BCUT2D eigenvalue weighted by Crippen LogP contribution is -2.11. The highest BCUT2D eigenvalue weighted by Crippen LogP contribution is 2.12. The van der Waals surface area contributed by atoms with Crippen LogP contribution in [0.25, 0.3) is 6.08 Å². The molecule has 1 heterocycles. The van der Waals surface area contributed by atoms with E-state index in [-0.39, 0.29) is 11.8 Å². The summed E-state index contributed by atoms with van der Waals surface area (Å²) in [4.78, 5) is 14.2. The molecule has 0 aromatic heterocycles. The number of allylic oxidation sites excluding steroid dienone is 1. The predicted octanol–water partition coefficient (Wildman–Crippen LogP) is 1.53. The summed E-state index contributed by atoms with van der Waals surface area (Å²) in [7, 11) is 0. The molecule has 0 fully saturated rings. The number of urea groups is 1. The molecule has 70 valence electrons. The number of phenolic OH excluding ortho intramolecular Hbond substituents is 1. The van der Waals surface area contributed by atoms with Crippen molar-refractivity contribution in [3.63, 3.8) is 0 Å². The first-order chi connectivity index (χ1) is 6.74. The van der Waals surface area contributed by atoms with Crippen LogP contribution in [0.2, 0.25) is 0 Å². The van der Waals surface area contributed by atoms with Crippen molar-refractivity contribution in [2.75, 3.05) is 0 Å². The van der Waals surface area contributed by atoms with Crippen molar-refractivity contribution in [2.45, 2.75) is 0 Å². The van der Waals surface area contributed by atoms with Crippen LogP contribution in [0.3, 0.4) is 0 Å². The molecule has 0 bridgehead atoms. The molecule has 1 aromatic carbocycles. The highest BCUT2D eigenvalue weighted by atomic mass is 16.3. The molecular weight excluding hydrogens is 180 g/mol. The highest BCUT2D eigenvalue weighted by molar-refractivity contribution is 6.02. The van der Waals surface area contributed by atoms with Crippen LogP contribution >= 0.6 is 0 Å². The normalized spacial score (nSPS) is 17.4. The van der Waals surface area contributed by atoms with Gasteiger partial charge < -0.3 is 10.4 Å². The minimum Gasteiger partial charge on any atom is -0.508 e. The van der Waals surface area contributed by atoms with Gasteiger partial charge >= 0.3 is 6.03 Å². The smallest absolute Gasteiger partial charge is 0.345 e. The second-order valence-corrected chi connectivity index (χ2v) is 2.88. The van der Waals surface area contributed by atoms with E-state index in [1.807, 2.05) is 0 Å². The maximum Gasteiger partial charge on any atom is 0.345 e. The van der Waals surface area contributed by atoms with Gasteiger partial charge in [-0.05, 0) is 23.8 Å². The van der Waals surface area contributed by atoms with Crippen molar-refractivity contribution in [2.24, 2.45) is 4.99 Å². The molecule has 14 heavy (non-hydrogen) atoms. The second-order valence-electron chi connectivity index (χ2n) is 2.88. The summed E-state index contributed by atoms with van der Waals surface area (Å²) >= 11 is 0. The maximum absolute atomic E-state index is 10.7. The fourth-order valence-electron chi connectivity index (χ4n) is 1.14. The van der Waals surface area contributed by atoms with E-state index in [4.69, 9.17) is 5.11 Å². The van der Waals surface area contributed by atoms with E-state index in [0.717, 1.165) is 5.56 Å². The summed E-state index contributed by atoms with van der Waals surface area (Å²) in [5, 5.41) is 11.6. The first-order valence-electron chi connectivity index (χ1n) is 4.10. The number of nitrogens with zero attached hydrogens (tertiary/aromatic N) is 1. The lowest BCUT2D eigenvalue weighted by atomic mass is 10.2. The Bertz CT molecular complexity index is 418. The lowest BCUT2D eigenvalue weighted by Gasteiger charge is -1.96. The van der Waals surface area contributed by atoms with E-state index >= 15 is 0 Å². The standard InChI is InChI=1S/C10H8N2O2/c13-9-3-1-7(2-4-9)5-8-6-11-10(14)12-8/h1-6,13H,(H,12,14). The largest absolute Gasteiger partial charge is 0.508 e. The average molecular weight is 188 g/mol. The molecule has 1 aliphatic rings. The Morgan fingerprint density at radius 3 is 2.57 bits per heavy atom. The number of rotatable bonds is 1. The number of carbonyl (C=O) groups excluding carboxylic acids is 1. The molecule has 0 spiro atoms. The monoisotopic (exact) mass is 188 g/mol. The third-order valence-corrected chi connectivity index (χ3v) is 1.79. The summed E-state index contributed by atoms with van der Waals surface area (Å²) in [6.45, 7) is 0. The molecular formula is C10H8N2O2. The number of benzene rings is 1. The Labute approximate surface area is 80.6 Å². The number of carbonyl (C=O) groups is 1. The molecule has 4 heteroatoms. The lowest BCUT2D eigenvalue weighted by molar-refractivity contribution is 0.253. The molecule has 1 aromatic rings. The van der Waals surface area contributed by atoms with E-state index in [0.29, 0.717) is 5.70 Å². The van der Waals surface area contributed by atoms with Gasteiger partial charge in [0.1, 0.15) is 5.75 Å². The third kappa shape index (κ3) is 1.80. The Hall–Kier alpha value is -2.10. The van der Waals surface area contributed by atoms with Crippen LogP contribution in [-0.4, -0.2) is 17.4 Å². The number of nitrogens with one attached hydrogen (secondary N) is 1.